The van der Waals surface area contributed by atoms with E-state index in [4.69, 9.17) is 0 Å². The second kappa shape index (κ2) is 7.78. The topological polar surface area (TPSA) is 64.3 Å². The van der Waals surface area contributed by atoms with Crippen molar-refractivity contribution in [1.82, 2.24) is 19.4 Å². The van der Waals surface area contributed by atoms with Crippen molar-refractivity contribution in [3.8, 4) is 17.3 Å². The molecule has 6 nitrogen and oxygen atoms in total. The molecule has 4 aromatic rings. The van der Waals surface area contributed by atoms with Crippen molar-refractivity contribution >= 4 is 17.2 Å². The Balaban J connectivity index is 1.72. The van der Waals surface area contributed by atoms with E-state index in [-0.39, 0.29) is 23.0 Å². The number of fused-ring (bicyclic) bond motifs is 1. The molecule has 0 saturated heterocycles. The van der Waals surface area contributed by atoms with E-state index in [0.29, 0.717) is 5.69 Å². The summed E-state index contributed by atoms with van der Waals surface area (Å²) < 4.78 is 83.9. The zero-order valence-corrected chi connectivity index (χ0v) is 15.2. The van der Waals surface area contributed by atoms with Crippen LogP contribution in [0.1, 0.15) is 5.69 Å². The predicted molar refractivity (Wildman–Crippen MR) is 97.5 cm³/mol. The van der Waals surface area contributed by atoms with Crippen LogP contribution < -0.4 is 10.1 Å². The van der Waals surface area contributed by atoms with Crippen LogP contribution in [0.5, 0.6) is 5.75 Å². The summed E-state index contributed by atoms with van der Waals surface area (Å²) in [4.78, 5) is 11.5. The van der Waals surface area contributed by atoms with Crippen molar-refractivity contribution in [3.63, 3.8) is 0 Å². The lowest BCUT2D eigenvalue weighted by Gasteiger charge is -2.10. The first-order chi connectivity index (χ1) is 14.7. The van der Waals surface area contributed by atoms with E-state index in [1.807, 2.05) is 0 Å². The van der Waals surface area contributed by atoms with Gasteiger partial charge in [-0.15, -0.1) is 0 Å². The van der Waals surface area contributed by atoms with Gasteiger partial charge in [0.05, 0.1) is 0 Å². The van der Waals surface area contributed by atoms with Gasteiger partial charge in [0.15, 0.2) is 11.5 Å². The molecule has 0 radical (unpaired) electrons. The number of hydrogen-bond acceptors (Lipinski definition) is 5. The minimum absolute atomic E-state index is 0.0634. The number of rotatable bonds is 5. The molecule has 12 heteroatoms. The molecule has 0 aliphatic carbocycles. The summed E-state index contributed by atoms with van der Waals surface area (Å²) in [5.41, 5.74) is -1.50. The van der Waals surface area contributed by atoms with Crippen molar-refractivity contribution in [2.45, 2.75) is 12.8 Å². The molecule has 31 heavy (non-hydrogen) atoms. The Hall–Kier alpha value is -3.83. The Morgan fingerprint density at radius 3 is 2.39 bits per heavy atom. The van der Waals surface area contributed by atoms with Gasteiger partial charge in [-0.2, -0.15) is 22.0 Å². The van der Waals surface area contributed by atoms with Crippen LogP contribution in [0.3, 0.4) is 0 Å². The van der Waals surface area contributed by atoms with E-state index in [1.165, 1.54) is 36.5 Å². The van der Waals surface area contributed by atoms with Crippen molar-refractivity contribution < 1.29 is 31.1 Å². The molecule has 0 unspecified atom stereocenters. The summed E-state index contributed by atoms with van der Waals surface area (Å²) in [7, 11) is 0. The van der Waals surface area contributed by atoms with Gasteiger partial charge in [0.25, 0.3) is 0 Å². The Kier molecular flexibility index (Phi) is 5.13. The molecule has 0 aliphatic rings. The second-order valence-electron chi connectivity index (χ2n) is 6.18. The Morgan fingerprint density at radius 1 is 0.968 bits per heavy atom. The number of ether oxygens (including phenoxy) is 1. The van der Waals surface area contributed by atoms with Crippen molar-refractivity contribution in [2.24, 2.45) is 0 Å². The minimum Gasteiger partial charge on any atom is -0.435 e. The molecule has 3 aromatic heterocycles. The average Bonchev–Trinajstić information content (AvgIpc) is 3.08. The Morgan fingerprint density at radius 2 is 1.71 bits per heavy atom. The van der Waals surface area contributed by atoms with Gasteiger partial charge < -0.3 is 10.1 Å². The molecule has 1 N–H and O–H groups in total. The van der Waals surface area contributed by atoms with Crippen LogP contribution in [0, 0.1) is 5.82 Å². The summed E-state index contributed by atoms with van der Waals surface area (Å²) >= 11 is 0. The first kappa shape index (κ1) is 20.4. The van der Waals surface area contributed by atoms with Gasteiger partial charge in [-0.05, 0) is 42.5 Å². The standard InChI is InChI=1S/C19H11F6N5O/c20-10-1-6-14-29-16(19(23,24)25)15(30(14)9-10)17-26-8-7-13(28-17)27-11-2-4-12(5-3-11)31-18(21)22/h1-9,18H,(H,26,27,28). The lowest BCUT2D eigenvalue weighted by molar-refractivity contribution is -0.140. The maximum Gasteiger partial charge on any atom is 0.435 e. The fraction of sp³-hybridized carbons (Fsp3) is 0.105. The molecule has 1 aromatic carbocycles. The highest BCUT2D eigenvalue weighted by Gasteiger charge is 2.39. The quantitative estimate of drug-likeness (QED) is 0.428. The molecule has 0 aliphatic heterocycles. The zero-order valence-electron chi connectivity index (χ0n) is 15.2. The number of nitrogens with zero attached hydrogens (tertiary/aromatic N) is 4. The third kappa shape index (κ3) is 4.37. The smallest absolute Gasteiger partial charge is 0.435 e. The molecule has 0 saturated carbocycles. The third-order valence-corrected chi connectivity index (χ3v) is 4.07. The number of nitrogens with one attached hydrogen (secondary N) is 1. The van der Waals surface area contributed by atoms with Crippen LogP contribution in [-0.4, -0.2) is 26.0 Å². The van der Waals surface area contributed by atoms with Gasteiger partial charge in [-0.3, -0.25) is 4.40 Å². The van der Waals surface area contributed by atoms with Crippen molar-refractivity contribution in [1.29, 1.82) is 0 Å². The van der Waals surface area contributed by atoms with Crippen LogP contribution in [0.4, 0.5) is 37.8 Å². The molecule has 0 bridgehead atoms. The zero-order chi connectivity index (χ0) is 22.2. The molecule has 0 spiro atoms. The van der Waals surface area contributed by atoms with E-state index in [2.05, 4.69) is 25.0 Å². The van der Waals surface area contributed by atoms with Crippen LogP contribution in [0.2, 0.25) is 0 Å². The maximum atomic E-state index is 13.7. The average molecular weight is 439 g/mol. The van der Waals surface area contributed by atoms with E-state index in [9.17, 15) is 26.3 Å². The summed E-state index contributed by atoms with van der Waals surface area (Å²) in [6.07, 6.45) is -2.75. The second-order valence-corrected chi connectivity index (χ2v) is 6.18. The summed E-state index contributed by atoms with van der Waals surface area (Å²) in [6.45, 7) is -2.97. The molecular weight excluding hydrogens is 428 g/mol. The molecule has 0 atom stereocenters. The number of benzene rings is 1. The van der Waals surface area contributed by atoms with E-state index in [1.54, 1.807) is 0 Å². The minimum atomic E-state index is -4.83. The molecule has 0 fully saturated rings. The van der Waals surface area contributed by atoms with Gasteiger partial charge in [-0.25, -0.2) is 19.3 Å². The van der Waals surface area contributed by atoms with Gasteiger partial charge >= 0.3 is 12.8 Å². The lowest BCUT2D eigenvalue weighted by Crippen LogP contribution is -2.09. The highest BCUT2D eigenvalue weighted by molar-refractivity contribution is 5.65. The maximum absolute atomic E-state index is 13.7. The lowest BCUT2D eigenvalue weighted by atomic mass is 10.2. The summed E-state index contributed by atoms with van der Waals surface area (Å²) in [5.74, 6) is -1.05. The fourth-order valence-corrected chi connectivity index (χ4v) is 2.84. The monoisotopic (exact) mass is 439 g/mol. The Bertz CT molecular complexity index is 1220. The van der Waals surface area contributed by atoms with Crippen LogP contribution >= 0.6 is 0 Å². The summed E-state index contributed by atoms with van der Waals surface area (Å²) in [5, 5.41) is 2.83. The normalized spacial score (nSPS) is 11.8. The Labute approximate surface area is 170 Å². The van der Waals surface area contributed by atoms with Gasteiger partial charge in [0.2, 0.25) is 0 Å². The van der Waals surface area contributed by atoms with Crippen molar-refractivity contribution in [2.75, 3.05) is 5.32 Å². The van der Waals surface area contributed by atoms with E-state index < -0.39 is 30.0 Å². The number of alkyl halides is 5. The van der Waals surface area contributed by atoms with Crippen LogP contribution in [0.15, 0.2) is 54.9 Å². The highest BCUT2D eigenvalue weighted by Crippen LogP contribution is 2.36. The van der Waals surface area contributed by atoms with Gasteiger partial charge in [-0.1, -0.05) is 0 Å². The fourth-order valence-electron chi connectivity index (χ4n) is 2.84. The van der Waals surface area contributed by atoms with Gasteiger partial charge in [0.1, 0.15) is 28.7 Å². The molecular formula is C19H11F6N5O. The number of halogens is 6. The van der Waals surface area contributed by atoms with Gasteiger partial charge in [0, 0.05) is 18.1 Å². The number of aromatic nitrogens is 4. The number of imidazole rings is 1. The van der Waals surface area contributed by atoms with Crippen molar-refractivity contribution in [3.05, 3.63) is 66.4 Å². The summed E-state index contributed by atoms with van der Waals surface area (Å²) in [6, 6.07) is 8.90. The first-order valence-electron chi connectivity index (χ1n) is 8.61. The number of pyridine rings is 1. The third-order valence-electron chi connectivity index (χ3n) is 4.07. The largest absolute Gasteiger partial charge is 0.435 e. The first-order valence-corrected chi connectivity index (χ1v) is 8.61. The predicted octanol–water partition coefficient (Wildman–Crippen LogP) is 5.29. The van der Waals surface area contributed by atoms with Crippen LogP contribution in [-0.2, 0) is 6.18 Å². The molecule has 0 amide bonds. The molecule has 4 rings (SSSR count). The highest BCUT2D eigenvalue weighted by atomic mass is 19.4. The molecule has 160 valence electrons. The van der Waals surface area contributed by atoms with E-state index >= 15 is 0 Å². The number of hydrogen-bond donors (Lipinski definition) is 1. The SMILES string of the molecule is Fc1ccc2nc(C(F)(F)F)c(-c3nccc(Nc4ccc(OC(F)F)cc4)n3)n2c1. The van der Waals surface area contributed by atoms with E-state index in [0.717, 1.165) is 22.7 Å². The van der Waals surface area contributed by atoms with Crippen LogP contribution in [0.25, 0.3) is 17.2 Å². The number of anilines is 2. The molecule has 3 heterocycles.